The van der Waals surface area contributed by atoms with Crippen molar-refractivity contribution in [3.63, 3.8) is 0 Å². The van der Waals surface area contributed by atoms with Gasteiger partial charge in [0.2, 0.25) is 0 Å². The Bertz CT molecular complexity index is 1370. The van der Waals surface area contributed by atoms with Gasteiger partial charge in [-0.3, -0.25) is 9.78 Å². The number of piperidine rings is 1. The molecule has 0 saturated carbocycles. The molecule has 4 rings (SSSR count). The lowest BCUT2D eigenvalue weighted by atomic mass is 9.79. The molecule has 2 atom stereocenters. The van der Waals surface area contributed by atoms with Gasteiger partial charge in [0, 0.05) is 41.1 Å². The SMILES string of the molecule is COC(=O)CC1CN(CCSc2cc(F)ccc2F)CCC1CCC(=NO)c1c(F)cnc2ccc(OC)cc12. The smallest absolute Gasteiger partial charge is 0.305 e. The van der Waals surface area contributed by atoms with E-state index in [4.69, 9.17) is 9.47 Å². The molecule has 2 aromatic carbocycles. The Balaban J connectivity index is 1.43. The summed E-state index contributed by atoms with van der Waals surface area (Å²) in [6.07, 6.45) is 2.97. The highest BCUT2D eigenvalue weighted by atomic mass is 32.2. The summed E-state index contributed by atoms with van der Waals surface area (Å²) < 4.78 is 52.7. The van der Waals surface area contributed by atoms with Crippen molar-refractivity contribution in [1.82, 2.24) is 9.88 Å². The Kier molecular flexibility index (Phi) is 10.3. The average molecular weight is 576 g/mol. The number of pyridine rings is 1. The topological polar surface area (TPSA) is 84.2 Å². The molecule has 40 heavy (non-hydrogen) atoms. The molecule has 7 nitrogen and oxygen atoms in total. The lowest BCUT2D eigenvalue weighted by Crippen LogP contribution is -2.42. The fourth-order valence-corrected chi connectivity index (χ4v) is 6.23. The molecule has 0 bridgehead atoms. The summed E-state index contributed by atoms with van der Waals surface area (Å²) in [5.41, 5.74) is 0.923. The van der Waals surface area contributed by atoms with Gasteiger partial charge in [-0.25, -0.2) is 13.2 Å². The van der Waals surface area contributed by atoms with E-state index in [2.05, 4.69) is 15.0 Å². The Labute approximate surface area is 235 Å². The lowest BCUT2D eigenvalue weighted by molar-refractivity contribution is -0.142. The van der Waals surface area contributed by atoms with Gasteiger partial charge in [-0.05, 0) is 74.0 Å². The number of fused-ring (bicyclic) bond motifs is 1. The van der Waals surface area contributed by atoms with Gasteiger partial charge in [-0.1, -0.05) is 5.16 Å². The number of carbonyl (C=O) groups is 1. The van der Waals surface area contributed by atoms with E-state index in [9.17, 15) is 23.2 Å². The van der Waals surface area contributed by atoms with E-state index in [1.807, 2.05) is 0 Å². The molecular weight excluding hydrogens is 543 g/mol. The number of halogens is 3. The number of nitrogens with zero attached hydrogens (tertiary/aromatic N) is 3. The number of esters is 1. The summed E-state index contributed by atoms with van der Waals surface area (Å²) >= 11 is 1.25. The Hall–Kier alpha value is -3.31. The fourth-order valence-electron chi connectivity index (χ4n) is 5.26. The van der Waals surface area contributed by atoms with Crippen LogP contribution in [0.1, 0.15) is 31.2 Å². The number of benzene rings is 2. The number of oxime groups is 1. The molecular formula is C29H32F3N3O4S. The van der Waals surface area contributed by atoms with Gasteiger partial charge in [0.15, 0.2) is 5.82 Å². The third kappa shape index (κ3) is 7.25. The van der Waals surface area contributed by atoms with E-state index in [1.54, 1.807) is 18.2 Å². The van der Waals surface area contributed by atoms with Crippen molar-refractivity contribution in [3.8, 4) is 5.75 Å². The largest absolute Gasteiger partial charge is 0.497 e. The second kappa shape index (κ2) is 13.8. The minimum atomic E-state index is -0.596. The first-order valence-corrected chi connectivity index (χ1v) is 14.0. The zero-order chi connectivity index (χ0) is 28.6. The molecule has 0 amide bonds. The van der Waals surface area contributed by atoms with Gasteiger partial charge in [-0.15, -0.1) is 11.8 Å². The summed E-state index contributed by atoms with van der Waals surface area (Å²) in [4.78, 5) is 18.8. The van der Waals surface area contributed by atoms with Crippen LogP contribution in [-0.4, -0.2) is 66.4 Å². The first kappa shape index (κ1) is 29.7. The van der Waals surface area contributed by atoms with Crippen molar-refractivity contribution < 1.29 is 32.6 Å². The average Bonchev–Trinajstić information content (AvgIpc) is 2.96. The monoisotopic (exact) mass is 575 g/mol. The first-order valence-electron chi connectivity index (χ1n) is 13.0. The summed E-state index contributed by atoms with van der Waals surface area (Å²) in [5, 5.41) is 13.8. The Morgan fingerprint density at radius 2 is 1.98 bits per heavy atom. The molecule has 2 heterocycles. The number of ether oxygens (including phenoxy) is 2. The highest BCUT2D eigenvalue weighted by molar-refractivity contribution is 7.99. The van der Waals surface area contributed by atoms with Crippen LogP contribution in [-0.2, 0) is 9.53 Å². The zero-order valence-electron chi connectivity index (χ0n) is 22.4. The Morgan fingerprint density at radius 1 is 1.15 bits per heavy atom. The molecule has 1 N–H and O–H groups in total. The van der Waals surface area contributed by atoms with Crippen LogP contribution in [0.5, 0.6) is 5.75 Å². The van der Waals surface area contributed by atoms with Crippen LogP contribution in [0, 0.1) is 29.3 Å². The van der Waals surface area contributed by atoms with Crippen molar-refractivity contribution >= 4 is 34.3 Å². The maximum Gasteiger partial charge on any atom is 0.305 e. The van der Waals surface area contributed by atoms with E-state index in [1.165, 1.54) is 32.0 Å². The molecule has 0 aliphatic carbocycles. The fraction of sp³-hybridized carbons (Fsp3) is 0.414. The van der Waals surface area contributed by atoms with Crippen LogP contribution in [0.3, 0.4) is 0 Å². The predicted molar refractivity (Wildman–Crippen MR) is 148 cm³/mol. The number of likely N-dealkylation sites (tertiary alicyclic amines) is 1. The highest BCUT2D eigenvalue weighted by Crippen LogP contribution is 2.33. The molecule has 1 aliphatic rings. The third-order valence-electron chi connectivity index (χ3n) is 7.38. The van der Waals surface area contributed by atoms with Crippen molar-refractivity contribution in [2.75, 3.05) is 39.6 Å². The molecule has 1 saturated heterocycles. The minimum Gasteiger partial charge on any atom is -0.497 e. The lowest BCUT2D eigenvalue weighted by Gasteiger charge is -2.38. The number of methoxy groups -OCH3 is 2. The standard InChI is InChI=1S/C29H32F3N3O4S/c1-38-21-5-8-25-22(15-21)29(24(32)16-33-25)26(34-37)7-3-18-9-10-35(17-19(18)13-28(36)39-2)11-12-40-27-14-20(30)4-6-23(27)31/h4-6,8,14-16,18-19,37H,3,7,9-13,17H2,1-2H3. The van der Waals surface area contributed by atoms with Gasteiger partial charge in [0.05, 0.1) is 31.6 Å². The summed E-state index contributed by atoms with van der Waals surface area (Å²) in [5.74, 6) is -0.678. The van der Waals surface area contributed by atoms with Gasteiger partial charge < -0.3 is 19.6 Å². The molecule has 0 radical (unpaired) electrons. The van der Waals surface area contributed by atoms with Crippen LogP contribution in [0.2, 0.25) is 0 Å². The number of thioether (sulfide) groups is 1. The van der Waals surface area contributed by atoms with Crippen molar-refractivity contribution in [1.29, 1.82) is 0 Å². The molecule has 3 aromatic rings. The molecule has 1 fully saturated rings. The normalized spacial score (nSPS) is 18.2. The second-order valence-electron chi connectivity index (χ2n) is 9.76. The van der Waals surface area contributed by atoms with Crippen LogP contribution >= 0.6 is 11.8 Å². The molecule has 1 aromatic heterocycles. The Morgan fingerprint density at radius 3 is 2.73 bits per heavy atom. The van der Waals surface area contributed by atoms with Crippen molar-refractivity contribution in [2.24, 2.45) is 17.0 Å². The molecule has 0 spiro atoms. The van der Waals surface area contributed by atoms with Gasteiger partial charge in [0.1, 0.15) is 17.4 Å². The predicted octanol–water partition coefficient (Wildman–Crippen LogP) is 5.91. The first-order chi connectivity index (χ1) is 19.3. The quantitative estimate of drug-likeness (QED) is 0.100. The minimum absolute atomic E-state index is 0.0313. The van der Waals surface area contributed by atoms with E-state index in [0.717, 1.165) is 31.3 Å². The van der Waals surface area contributed by atoms with E-state index >= 15 is 0 Å². The number of rotatable bonds is 11. The summed E-state index contributed by atoms with van der Waals surface area (Å²) in [7, 11) is 2.87. The summed E-state index contributed by atoms with van der Waals surface area (Å²) in [6.45, 7) is 2.02. The molecule has 11 heteroatoms. The molecule has 1 aliphatic heterocycles. The number of hydrogen-bond donors (Lipinski definition) is 1. The van der Waals surface area contributed by atoms with Gasteiger partial charge >= 0.3 is 5.97 Å². The van der Waals surface area contributed by atoms with Crippen LogP contribution in [0.4, 0.5) is 13.2 Å². The van der Waals surface area contributed by atoms with E-state index < -0.39 is 17.5 Å². The third-order valence-corrected chi connectivity index (χ3v) is 8.39. The van der Waals surface area contributed by atoms with Crippen LogP contribution in [0.15, 0.2) is 52.6 Å². The zero-order valence-corrected chi connectivity index (χ0v) is 23.2. The van der Waals surface area contributed by atoms with Crippen LogP contribution in [0.25, 0.3) is 10.9 Å². The maximum absolute atomic E-state index is 15.0. The number of aromatic nitrogens is 1. The summed E-state index contributed by atoms with van der Waals surface area (Å²) in [6, 6.07) is 8.52. The molecule has 2 unspecified atom stereocenters. The van der Waals surface area contributed by atoms with E-state index in [-0.39, 0.29) is 40.4 Å². The highest BCUT2D eigenvalue weighted by Gasteiger charge is 2.31. The van der Waals surface area contributed by atoms with Crippen molar-refractivity contribution in [3.05, 3.63) is 65.6 Å². The van der Waals surface area contributed by atoms with Crippen molar-refractivity contribution in [2.45, 2.75) is 30.6 Å². The maximum atomic E-state index is 15.0. The van der Waals surface area contributed by atoms with Crippen LogP contribution < -0.4 is 4.74 Å². The number of hydrogen-bond acceptors (Lipinski definition) is 8. The van der Waals surface area contributed by atoms with E-state index in [0.29, 0.717) is 48.3 Å². The second-order valence-corrected chi connectivity index (χ2v) is 10.9. The van der Waals surface area contributed by atoms with Gasteiger partial charge in [-0.2, -0.15) is 0 Å². The molecule has 214 valence electrons. The van der Waals surface area contributed by atoms with Gasteiger partial charge in [0.25, 0.3) is 0 Å². The number of carbonyl (C=O) groups excluding carboxylic acids is 1.